The molecule has 148 valence electrons. The Balaban J connectivity index is 1.94. The zero-order chi connectivity index (χ0) is 20.0. The molecule has 1 fully saturated rings. The van der Waals surface area contributed by atoms with Gasteiger partial charge in [0.2, 0.25) is 0 Å². The normalized spacial score (nSPS) is 15.8. The lowest BCUT2D eigenvalue weighted by Gasteiger charge is -2.32. The fraction of sp³-hybridized carbons (Fsp3) is 0.550. The van der Waals surface area contributed by atoms with E-state index in [1.807, 2.05) is 13.0 Å². The van der Waals surface area contributed by atoms with Crippen molar-refractivity contribution in [2.24, 2.45) is 5.92 Å². The number of esters is 2. The van der Waals surface area contributed by atoms with E-state index in [-0.39, 0.29) is 23.4 Å². The summed E-state index contributed by atoms with van der Waals surface area (Å²) in [5, 5.41) is 0. The van der Waals surface area contributed by atoms with Crippen LogP contribution in [0.5, 0.6) is 5.75 Å². The lowest BCUT2D eigenvalue weighted by molar-refractivity contribution is -0.152. The number of hydrogen-bond acceptors (Lipinski definition) is 6. The van der Waals surface area contributed by atoms with E-state index in [2.05, 4.69) is 0 Å². The lowest BCUT2D eigenvalue weighted by Crippen LogP contribution is -2.45. The van der Waals surface area contributed by atoms with E-state index in [0.717, 1.165) is 5.56 Å². The fourth-order valence-electron chi connectivity index (χ4n) is 3.11. The molecule has 7 heteroatoms. The van der Waals surface area contributed by atoms with Gasteiger partial charge in [0.25, 0.3) is 5.91 Å². The summed E-state index contributed by atoms with van der Waals surface area (Å²) in [6, 6.07) is 5.19. The Kier molecular flexibility index (Phi) is 7.21. The second kappa shape index (κ2) is 9.39. The van der Waals surface area contributed by atoms with E-state index < -0.39 is 12.1 Å². The third kappa shape index (κ3) is 5.21. The summed E-state index contributed by atoms with van der Waals surface area (Å²) in [6.45, 7) is 6.43. The number of piperidine rings is 1. The molecule has 1 amide bonds. The van der Waals surface area contributed by atoms with Gasteiger partial charge in [-0.2, -0.15) is 0 Å². The molecule has 27 heavy (non-hydrogen) atoms. The Morgan fingerprint density at radius 1 is 1.22 bits per heavy atom. The van der Waals surface area contributed by atoms with Crippen LogP contribution in [0.15, 0.2) is 18.2 Å². The third-order valence-corrected chi connectivity index (χ3v) is 4.63. The van der Waals surface area contributed by atoms with Crippen molar-refractivity contribution in [2.75, 3.05) is 26.8 Å². The van der Waals surface area contributed by atoms with E-state index >= 15 is 0 Å². The number of likely N-dealkylation sites (tertiary alicyclic amines) is 1. The molecule has 0 aromatic heterocycles. The monoisotopic (exact) mass is 377 g/mol. The van der Waals surface area contributed by atoms with Crippen molar-refractivity contribution < 1.29 is 28.6 Å². The minimum atomic E-state index is -0.915. The van der Waals surface area contributed by atoms with Gasteiger partial charge in [0.15, 0.2) is 6.10 Å². The highest BCUT2D eigenvalue weighted by Crippen LogP contribution is 2.23. The van der Waals surface area contributed by atoms with Gasteiger partial charge < -0.3 is 19.1 Å². The van der Waals surface area contributed by atoms with Crippen molar-refractivity contribution in [2.45, 2.75) is 39.7 Å². The van der Waals surface area contributed by atoms with Crippen molar-refractivity contribution in [3.8, 4) is 5.75 Å². The van der Waals surface area contributed by atoms with Gasteiger partial charge in [0, 0.05) is 13.1 Å². The number of methoxy groups -OCH3 is 1. The van der Waals surface area contributed by atoms with Crippen LogP contribution in [0.3, 0.4) is 0 Å². The van der Waals surface area contributed by atoms with Crippen molar-refractivity contribution in [3.05, 3.63) is 29.3 Å². The van der Waals surface area contributed by atoms with Crippen LogP contribution in [0.2, 0.25) is 0 Å². The number of amides is 1. The van der Waals surface area contributed by atoms with Crippen LogP contribution in [-0.4, -0.2) is 55.7 Å². The number of nitrogens with zero attached hydrogens (tertiary/aromatic N) is 1. The van der Waals surface area contributed by atoms with Gasteiger partial charge in [-0.05, 0) is 45.7 Å². The number of ether oxygens (including phenoxy) is 3. The van der Waals surface area contributed by atoms with Crippen LogP contribution in [-0.2, 0) is 19.1 Å². The van der Waals surface area contributed by atoms with Crippen molar-refractivity contribution in [3.63, 3.8) is 0 Å². The molecule has 1 saturated heterocycles. The summed E-state index contributed by atoms with van der Waals surface area (Å²) in [6.07, 6.45) is 0.190. The summed E-state index contributed by atoms with van der Waals surface area (Å²) in [7, 11) is 1.48. The lowest BCUT2D eigenvalue weighted by atomic mass is 9.97. The second-order valence-electron chi connectivity index (χ2n) is 6.60. The first-order valence-electron chi connectivity index (χ1n) is 9.18. The highest BCUT2D eigenvalue weighted by molar-refractivity contribution is 5.95. The van der Waals surface area contributed by atoms with Crippen LogP contribution < -0.4 is 4.74 Å². The molecule has 0 N–H and O–H groups in total. The SMILES string of the molecule is CCOC(=O)C1CCN(C(=O)C(C)OC(=O)c2cc(C)ccc2OC)CC1. The zero-order valence-corrected chi connectivity index (χ0v) is 16.3. The fourth-order valence-corrected chi connectivity index (χ4v) is 3.11. The Morgan fingerprint density at radius 3 is 2.48 bits per heavy atom. The molecule has 1 aromatic carbocycles. The molecule has 0 saturated carbocycles. The first-order chi connectivity index (χ1) is 12.9. The molecule has 0 aliphatic carbocycles. The number of hydrogen-bond donors (Lipinski definition) is 0. The molecule has 1 aromatic rings. The largest absolute Gasteiger partial charge is 0.496 e. The first-order valence-corrected chi connectivity index (χ1v) is 9.18. The Morgan fingerprint density at radius 2 is 1.89 bits per heavy atom. The minimum Gasteiger partial charge on any atom is -0.496 e. The average molecular weight is 377 g/mol. The molecule has 1 unspecified atom stereocenters. The molecule has 0 spiro atoms. The van der Waals surface area contributed by atoms with Crippen LogP contribution in [0.4, 0.5) is 0 Å². The summed E-state index contributed by atoms with van der Waals surface area (Å²) in [4.78, 5) is 38.5. The summed E-state index contributed by atoms with van der Waals surface area (Å²) in [5.41, 5.74) is 1.18. The molecule has 1 heterocycles. The Hall–Kier alpha value is -2.57. The van der Waals surface area contributed by atoms with Gasteiger partial charge in [-0.25, -0.2) is 4.79 Å². The van der Waals surface area contributed by atoms with Crippen molar-refractivity contribution in [1.29, 1.82) is 0 Å². The maximum Gasteiger partial charge on any atom is 0.342 e. The highest BCUT2D eigenvalue weighted by atomic mass is 16.6. The van der Waals surface area contributed by atoms with Gasteiger partial charge in [0.1, 0.15) is 11.3 Å². The molecule has 0 bridgehead atoms. The topological polar surface area (TPSA) is 82.1 Å². The maximum atomic E-state index is 12.6. The van der Waals surface area contributed by atoms with Gasteiger partial charge in [0.05, 0.1) is 19.6 Å². The van der Waals surface area contributed by atoms with E-state index in [1.54, 1.807) is 30.9 Å². The van der Waals surface area contributed by atoms with Crippen molar-refractivity contribution in [1.82, 2.24) is 4.90 Å². The standard InChI is InChI=1S/C20H27NO6/c1-5-26-19(23)15-8-10-21(11-9-15)18(22)14(3)27-20(24)16-12-13(2)6-7-17(16)25-4/h6-7,12,14-15H,5,8-11H2,1-4H3. The Bertz CT molecular complexity index is 694. The summed E-state index contributed by atoms with van der Waals surface area (Å²) in [5.74, 6) is -0.852. The quantitative estimate of drug-likeness (QED) is 0.708. The highest BCUT2D eigenvalue weighted by Gasteiger charge is 2.31. The molecule has 0 radical (unpaired) electrons. The van der Waals surface area contributed by atoms with E-state index in [0.29, 0.717) is 38.3 Å². The molecule has 1 atom stereocenters. The predicted octanol–water partition coefficient (Wildman–Crippen LogP) is 2.35. The van der Waals surface area contributed by atoms with E-state index in [4.69, 9.17) is 14.2 Å². The third-order valence-electron chi connectivity index (χ3n) is 4.63. The smallest absolute Gasteiger partial charge is 0.342 e. The number of aryl methyl sites for hydroxylation is 1. The number of carbonyl (C=O) groups excluding carboxylic acids is 3. The van der Waals surface area contributed by atoms with E-state index in [1.165, 1.54) is 7.11 Å². The summed E-state index contributed by atoms with van der Waals surface area (Å²) < 4.78 is 15.6. The first kappa shape index (κ1) is 20.7. The minimum absolute atomic E-state index is 0.177. The van der Waals surface area contributed by atoms with Crippen LogP contribution in [0.25, 0.3) is 0 Å². The molecular formula is C20H27NO6. The van der Waals surface area contributed by atoms with E-state index in [9.17, 15) is 14.4 Å². The average Bonchev–Trinajstić information content (AvgIpc) is 2.67. The van der Waals surface area contributed by atoms with Crippen molar-refractivity contribution >= 4 is 17.8 Å². The second-order valence-corrected chi connectivity index (χ2v) is 6.60. The van der Waals surface area contributed by atoms with Crippen LogP contribution >= 0.6 is 0 Å². The zero-order valence-electron chi connectivity index (χ0n) is 16.3. The van der Waals surface area contributed by atoms with Gasteiger partial charge in [-0.1, -0.05) is 11.6 Å². The number of carbonyl (C=O) groups is 3. The molecule has 2 rings (SSSR count). The number of rotatable bonds is 6. The van der Waals surface area contributed by atoms with Crippen LogP contribution in [0.1, 0.15) is 42.6 Å². The Labute approximate surface area is 159 Å². The maximum absolute atomic E-state index is 12.6. The summed E-state index contributed by atoms with van der Waals surface area (Å²) >= 11 is 0. The van der Waals surface area contributed by atoms with Gasteiger partial charge in [-0.3, -0.25) is 9.59 Å². The molecule has 1 aliphatic heterocycles. The van der Waals surface area contributed by atoms with Gasteiger partial charge >= 0.3 is 11.9 Å². The number of benzene rings is 1. The van der Waals surface area contributed by atoms with Crippen LogP contribution in [0, 0.1) is 12.8 Å². The molecular weight excluding hydrogens is 350 g/mol. The molecule has 1 aliphatic rings. The molecule has 7 nitrogen and oxygen atoms in total. The van der Waals surface area contributed by atoms with Gasteiger partial charge in [-0.15, -0.1) is 0 Å². The predicted molar refractivity (Wildman–Crippen MR) is 98.5 cm³/mol.